The molecular formula is C22H30ClN5O6S. The minimum atomic E-state index is -3.46. The summed E-state index contributed by atoms with van der Waals surface area (Å²) in [6.45, 7) is 8.12. The van der Waals surface area contributed by atoms with Gasteiger partial charge in [0.1, 0.15) is 11.6 Å². The highest BCUT2D eigenvalue weighted by atomic mass is 35.5. The van der Waals surface area contributed by atoms with Crippen molar-refractivity contribution in [3.8, 4) is 11.4 Å². The van der Waals surface area contributed by atoms with Crippen LogP contribution in [0.2, 0.25) is 5.02 Å². The van der Waals surface area contributed by atoms with E-state index in [0.29, 0.717) is 18.7 Å². The zero-order valence-electron chi connectivity index (χ0n) is 20.3. The molecule has 0 bridgehead atoms. The Labute approximate surface area is 209 Å². The van der Waals surface area contributed by atoms with E-state index in [2.05, 4.69) is 20.2 Å². The van der Waals surface area contributed by atoms with Gasteiger partial charge in [0.15, 0.2) is 0 Å². The van der Waals surface area contributed by atoms with Crippen molar-refractivity contribution in [3.05, 3.63) is 29.1 Å². The van der Waals surface area contributed by atoms with Crippen LogP contribution < -0.4 is 10.0 Å². The van der Waals surface area contributed by atoms with Crippen LogP contribution in [0.15, 0.2) is 22.7 Å². The van der Waals surface area contributed by atoms with Crippen LogP contribution in [-0.2, 0) is 19.6 Å². The number of amides is 2. The summed E-state index contributed by atoms with van der Waals surface area (Å²) in [7, 11) is -3.46. The first-order chi connectivity index (χ1) is 16.2. The van der Waals surface area contributed by atoms with E-state index in [1.54, 1.807) is 38.7 Å². The molecule has 2 atom stereocenters. The molecule has 13 heteroatoms. The number of sulfonamides is 1. The Kier molecular flexibility index (Phi) is 7.95. The number of benzene rings is 1. The molecule has 1 aromatic carbocycles. The van der Waals surface area contributed by atoms with Crippen molar-refractivity contribution < 1.29 is 27.3 Å². The van der Waals surface area contributed by atoms with E-state index in [1.165, 1.54) is 12.1 Å². The van der Waals surface area contributed by atoms with Crippen LogP contribution in [0.4, 0.5) is 10.5 Å². The number of likely N-dealkylation sites (tertiary alicyclic amines) is 1. The summed E-state index contributed by atoms with van der Waals surface area (Å²) < 4.78 is 36.0. The first-order valence-electron chi connectivity index (χ1n) is 11.1. The molecule has 0 radical (unpaired) electrons. The first kappa shape index (κ1) is 26.7. The summed E-state index contributed by atoms with van der Waals surface area (Å²) >= 11 is 6.32. The standard InChI is InChI=1S/C22H30ClN5O6S/c1-13(17(20(29)28-10-6-7-11-28)24-21(30)33-22(2,3)4)19-25-18(26-34-19)15-9-8-14(12-16(15)23)27-35(5,31)32/h8-9,12-13,17,27H,6-7,10-11H2,1-5H3,(H,24,30)/t13-,17-/m0/s1. The first-order valence-corrected chi connectivity index (χ1v) is 13.4. The van der Waals surface area contributed by atoms with Crippen LogP contribution in [0.25, 0.3) is 11.4 Å². The molecule has 2 amide bonds. The van der Waals surface area contributed by atoms with Gasteiger partial charge in [-0.2, -0.15) is 4.98 Å². The van der Waals surface area contributed by atoms with Gasteiger partial charge in [-0.25, -0.2) is 13.2 Å². The average molecular weight is 528 g/mol. The smallest absolute Gasteiger partial charge is 0.408 e. The van der Waals surface area contributed by atoms with Gasteiger partial charge in [0.05, 0.1) is 17.2 Å². The second-order valence-corrected chi connectivity index (χ2v) is 11.6. The highest BCUT2D eigenvalue weighted by Crippen LogP contribution is 2.31. The normalized spacial score (nSPS) is 16.0. The van der Waals surface area contributed by atoms with Crippen molar-refractivity contribution in [1.82, 2.24) is 20.4 Å². The van der Waals surface area contributed by atoms with Crippen LogP contribution in [0.1, 0.15) is 52.3 Å². The summed E-state index contributed by atoms with van der Waals surface area (Å²) in [5.41, 5.74) is -0.0345. The van der Waals surface area contributed by atoms with Crippen LogP contribution in [-0.4, -0.2) is 66.4 Å². The topological polar surface area (TPSA) is 144 Å². The monoisotopic (exact) mass is 527 g/mol. The minimum absolute atomic E-state index is 0.128. The average Bonchev–Trinajstić information content (AvgIpc) is 3.41. The van der Waals surface area contributed by atoms with E-state index in [1.807, 2.05) is 0 Å². The Morgan fingerprint density at radius 3 is 2.46 bits per heavy atom. The van der Waals surface area contributed by atoms with Crippen LogP contribution >= 0.6 is 11.6 Å². The van der Waals surface area contributed by atoms with Crippen molar-refractivity contribution in [2.75, 3.05) is 24.1 Å². The molecule has 1 saturated heterocycles. The number of halogens is 1. The van der Waals surface area contributed by atoms with Crippen LogP contribution in [0, 0.1) is 0 Å². The molecular weight excluding hydrogens is 498 g/mol. The SMILES string of the molecule is C[C@H](c1nc(-c2ccc(NS(C)(=O)=O)cc2Cl)no1)[C@H](NC(=O)OC(C)(C)C)C(=O)N1CCCC1. The highest BCUT2D eigenvalue weighted by Gasteiger charge is 2.36. The Morgan fingerprint density at radius 2 is 1.89 bits per heavy atom. The van der Waals surface area contributed by atoms with Gasteiger partial charge < -0.3 is 19.5 Å². The molecule has 0 spiro atoms. The molecule has 1 aliphatic rings. The summed E-state index contributed by atoms with van der Waals surface area (Å²) in [6.07, 6.45) is 2.10. The fourth-order valence-corrected chi connectivity index (χ4v) is 4.44. The molecule has 2 heterocycles. The molecule has 2 aromatic rings. The quantitative estimate of drug-likeness (QED) is 0.557. The molecule has 1 aromatic heterocycles. The second-order valence-electron chi connectivity index (χ2n) is 9.47. The predicted molar refractivity (Wildman–Crippen MR) is 131 cm³/mol. The van der Waals surface area contributed by atoms with Gasteiger partial charge in [-0.1, -0.05) is 23.7 Å². The molecule has 1 fully saturated rings. The number of hydrogen-bond donors (Lipinski definition) is 2. The second kappa shape index (κ2) is 10.4. The molecule has 2 N–H and O–H groups in total. The maximum atomic E-state index is 13.2. The van der Waals surface area contributed by atoms with Gasteiger partial charge in [-0.3, -0.25) is 9.52 Å². The Bertz CT molecular complexity index is 1190. The molecule has 0 unspecified atom stereocenters. The molecule has 0 saturated carbocycles. The maximum Gasteiger partial charge on any atom is 0.408 e. The van der Waals surface area contributed by atoms with Gasteiger partial charge in [-0.05, 0) is 51.8 Å². The van der Waals surface area contributed by atoms with Gasteiger partial charge in [0, 0.05) is 24.3 Å². The molecule has 35 heavy (non-hydrogen) atoms. The van der Waals surface area contributed by atoms with Gasteiger partial charge in [0.2, 0.25) is 27.6 Å². The fourth-order valence-electron chi connectivity index (χ4n) is 3.62. The number of carbonyl (C=O) groups is 2. The fraction of sp³-hybridized carbons (Fsp3) is 0.545. The van der Waals surface area contributed by atoms with Crippen LogP contribution in [0.3, 0.4) is 0 Å². The van der Waals surface area contributed by atoms with Gasteiger partial charge in [-0.15, -0.1) is 0 Å². The van der Waals surface area contributed by atoms with Crippen molar-refractivity contribution in [2.45, 2.75) is 58.1 Å². The number of ether oxygens (including phenoxy) is 1. The molecule has 11 nitrogen and oxygen atoms in total. The van der Waals surface area contributed by atoms with E-state index in [0.717, 1.165) is 19.1 Å². The lowest BCUT2D eigenvalue weighted by atomic mass is 10.0. The van der Waals surface area contributed by atoms with Gasteiger partial charge in [0.25, 0.3) is 0 Å². The number of nitrogens with zero attached hydrogens (tertiary/aromatic N) is 3. The lowest BCUT2D eigenvalue weighted by Crippen LogP contribution is -2.51. The maximum absolute atomic E-state index is 13.2. The lowest BCUT2D eigenvalue weighted by molar-refractivity contribution is -0.133. The summed E-state index contributed by atoms with van der Waals surface area (Å²) in [5.74, 6) is -0.632. The Balaban J connectivity index is 1.84. The largest absolute Gasteiger partial charge is 0.444 e. The molecule has 3 rings (SSSR count). The van der Waals surface area contributed by atoms with Crippen molar-refractivity contribution in [1.29, 1.82) is 0 Å². The van der Waals surface area contributed by atoms with Crippen molar-refractivity contribution in [3.63, 3.8) is 0 Å². The third-order valence-corrected chi connectivity index (χ3v) is 6.12. The van der Waals surface area contributed by atoms with E-state index < -0.39 is 33.7 Å². The number of hydrogen-bond acceptors (Lipinski definition) is 8. The number of alkyl carbamates (subject to hydrolysis) is 1. The minimum Gasteiger partial charge on any atom is -0.444 e. The lowest BCUT2D eigenvalue weighted by Gasteiger charge is -2.28. The highest BCUT2D eigenvalue weighted by molar-refractivity contribution is 7.92. The van der Waals surface area contributed by atoms with E-state index >= 15 is 0 Å². The Hall–Kier alpha value is -2.86. The number of aromatic nitrogens is 2. The zero-order chi connectivity index (χ0) is 26.0. The molecule has 192 valence electrons. The molecule has 1 aliphatic heterocycles. The van der Waals surface area contributed by atoms with E-state index in [4.69, 9.17) is 20.9 Å². The third-order valence-electron chi connectivity index (χ3n) is 5.20. The number of rotatable bonds is 7. The summed E-state index contributed by atoms with van der Waals surface area (Å²) in [6, 6.07) is 3.53. The zero-order valence-corrected chi connectivity index (χ0v) is 21.9. The Morgan fingerprint density at radius 1 is 1.23 bits per heavy atom. The molecule has 0 aliphatic carbocycles. The van der Waals surface area contributed by atoms with Gasteiger partial charge >= 0.3 is 6.09 Å². The number of anilines is 1. The summed E-state index contributed by atoms with van der Waals surface area (Å²) in [5, 5.41) is 6.84. The van der Waals surface area contributed by atoms with E-state index in [-0.39, 0.29) is 28.3 Å². The third kappa shape index (κ3) is 7.31. The number of carbonyl (C=O) groups excluding carboxylic acids is 2. The van der Waals surface area contributed by atoms with Crippen molar-refractivity contribution >= 4 is 39.3 Å². The number of nitrogens with one attached hydrogen (secondary N) is 2. The van der Waals surface area contributed by atoms with E-state index in [9.17, 15) is 18.0 Å². The van der Waals surface area contributed by atoms with Crippen LogP contribution in [0.5, 0.6) is 0 Å². The predicted octanol–water partition coefficient (Wildman–Crippen LogP) is 3.38. The summed E-state index contributed by atoms with van der Waals surface area (Å²) in [4.78, 5) is 31.8. The van der Waals surface area contributed by atoms with Crippen molar-refractivity contribution in [2.24, 2.45) is 0 Å².